The van der Waals surface area contributed by atoms with Gasteiger partial charge in [0, 0.05) is 22.3 Å². The molecular weight excluding hydrogens is 624 g/mol. The summed E-state index contributed by atoms with van der Waals surface area (Å²) in [5, 5.41) is 40.3. The van der Waals surface area contributed by atoms with E-state index < -0.39 is 23.8 Å². The second-order valence-electron chi connectivity index (χ2n) is 10.8. The third-order valence-corrected chi connectivity index (χ3v) is 7.59. The predicted molar refractivity (Wildman–Crippen MR) is 179 cm³/mol. The fourth-order valence-electron chi connectivity index (χ4n) is 5.34. The molecule has 0 aliphatic heterocycles. The van der Waals surface area contributed by atoms with Crippen LogP contribution >= 0.6 is 0 Å². The van der Waals surface area contributed by atoms with Crippen molar-refractivity contribution in [3.63, 3.8) is 0 Å². The van der Waals surface area contributed by atoms with Gasteiger partial charge >= 0.3 is 12.0 Å². The normalized spacial score (nSPS) is 11.2. The molecule has 0 spiro atoms. The number of benzene rings is 4. The van der Waals surface area contributed by atoms with Crippen LogP contribution in [-0.2, 0) is 0 Å². The molecule has 13 nitrogen and oxygen atoms in total. The lowest BCUT2D eigenvalue weighted by Gasteiger charge is -2.12. The first-order valence-electron chi connectivity index (χ1n) is 14.8. The van der Waals surface area contributed by atoms with Crippen LogP contribution in [0.25, 0.3) is 67.4 Å². The quantitative estimate of drug-likeness (QED) is 0.154. The summed E-state index contributed by atoms with van der Waals surface area (Å²) >= 11 is 0. The fraction of sp³-hybridized carbons (Fsp3) is 0. The van der Waals surface area contributed by atoms with Gasteiger partial charge in [0.05, 0.1) is 22.8 Å². The Morgan fingerprint density at radius 3 is 1.08 bits per heavy atom. The highest BCUT2D eigenvalue weighted by atomic mass is 16.5. The summed E-state index contributed by atoms with van der Waals surface area (Å²) in [4.78, 5) is 33.6. The SMILES string of the molecule is Oc1nc(O)c2nc(-c3ccccc3)c(-c3ccc(Oc4ccc(-c5nc6c(O)nc(O)nc6nc5-c5ccccc5)cc4)cc3)nc2n1. The molecule has 0 radical (unpaired) electrons. The second-order valence-corrected chi connectivity index (χ2v) is 10.8. The number of aromatic nitrogens is 8. The Morgan fingerprint density at radius 2 is 0.694 bits per heavy atom. The van der Waals surface area contributed by atoms with Gasteiger partial charge < -0.3 is 25.2 Å². The Balaban J connectivity index is 1.11. The number of ether oxygens (including phenoxy) is 1. The minimum absolute atomic E-state index is 0.0486. The molecule has 0 bridgehead atoms. The Bertz CT molecular complexity index is 2500. The molecule has 49 heavy (non-hydrogen) atoms. The van der Waals surface area contributed by atoms with Gasteiger partial charge in [-0.2, -0.15) is 19.9 Å². The lowest BCUT2D eigenvalue weighted by molar-refractivity contribution is 0.401. The third-order valence-electron chi connectivity index (χ3n) is 7.59. The van der Waals surface area contributed by atoms with Crippen molar-refractivity contribution in [3.8, 4) is 80.3 Å². The number of fused-ring (bicyclic) bond motifs is 2. The Morgan fingerprint density at radius 1 is 0.347 bits per heavy atom. The molecule has 0 saturated carbocycles. The number of aromatic hydroxyl groups is 4. The fourth-order valence-corrected chi connectivity index (χ4v) is 5.34. The summed E-state index contributed by atoms with van der Waals surface area (Å²) in [6.45, 7) is 0. The van der Waals surface area contributed by atoms with Crippen molar-refractivity contribution in [1.82, 2.24) is 39.9 Å². The smallest absolute Gasteiger partial charge is 0.319 e. The molecule has 0 unspecified atom stereocenters. The topological polar surface area (TPSA) is 193 Å². The largest absolute Gasteiger partial charge is 0.492 e. The van der Waals surface area contributed by atoms with E-state index in [-0.39, 0.29) is 22.3 Å². The van der Waals surface area contributed by atoms with Crippen LogP contribution in [-0.4, -0.2) is 60.3 Å². The zero-order valence-corrected chi connectivity index (χ0v) is 25.2. The maximum Gasteiger partial charge on any atom is 0.319 e. The van der Waals surface area contributed by atoms with E-state index in [1.54, 1.807) is 24.3 Å². The highest BCUT2D eigenvalue weighted by Gasteiger charge is 2.19. The first kappa shape index (κ1) is 29.1. The first-order valence-corrected chi connectivity index (χ1v) is 14.8. The summed E-state index contributed by atoms with van der Waals surface area (Å²) in [6.07, 6.45) is 0. The van der Waals surface area contributed by atoms with Crippen molar-refractivity contribution in [2.24, 2.45) is 0 Å². The van der Waals surface area contributed by atoms with Crippen LogP contribution in [0.2, 0.25) is 0 Å². The number of hydrogen-bond donors (Lipinski definition) is 4. The van der Waals surface area contributed by atoms with E-state index in [0.29, 0.717) is 45.4 Å². The van der Waals surface area contributed by atoms with Gasteiger partial charge in [-0.1, -0.05) is 60.7 Å². The van der Waals surface area contributed by atoms with Crippen LogP contribution in [0.3, 0.4) is 0 Å². The third kappa shape index (κ3) is 5.57. The molecule has 4 heterocycles. The van der Waals surface area contributed by atoms with Gasteiger partial charge in [-0.15, -0.1) is 0 Å². The van der Waals surface area contributed by atoms with Crippen LogP contribution in [0, 0.1) is 0 Å². The standard InChI is InChI=1S/C36H22N8O5/c45-33-29-32(42-36(48)43-33)40-28(25(37-29)19-7-3-1-4-8-19)22-13-17-24(18-14-22)49-23-15-11-21(12-16-23)26-27(20-9-5-2-6-10-20)39-31-30(38-26)34(46)44-35(47)41-31/h1-18H,(H2,39,41,44,46,47)(H2,40,42,43,45,48). The predicted octanol–water partition coefficient (Wildman–Crippen LogP) is 6.44. The van der Waals surface area contributed by atoms with Gasteiger partial charge in [-0.05, 0) is 48.5 Å². The Hall–Kier alpha value is -7.28. The molecule has 236 valence electrons. The highest BCUT2D eigenvalue weighted by molar-refractivity contribution is 5.88. The van der Waals surface area contributed by atoms with Crippen LogP contribution in [0.15, 0.2) is 109 Å². The van der Waals surface area contributed by atoms with Crippen molar-refractivity contribution in [3.05, 3.63) is 109 Å². The lowest BCUT2D eigenvalue weighted by atomic mass is 10.0. The van der Waals surface area contributed by atoms with Crippen molar-refractivity contribution < 1.29 is 25.2 Å². The van der Waals surface area contributed by atoms with Crippen molar-refractivity contribution in [2.45, 2.75) is 0 Å². The molecule has 4 aromatic carbocycles. The zero-order chi connectivity index (χ0) is 33.5. The molecular formula is C36H22N8O5. The second kappa shape index (κ2) is 11.8. The van der Waals surface area contributed by atoms with E-state index in [1.807, 2.05) is 84.9 Å². The van der Waals surface area contributed by atoms with E-state index >= 15 is 0 Å². The van der Waals surface area contributed by atoms with Gasteiger partial charge in [-0.25, -0.2) is 19.9 Å². The monoisotopic (exact) mass is 646 g/mol. The first-order chi connectivity index (χ1) is 23.9. The summed E-state index contributed by atoms with van der Waals surface area (Å²) < 4.78 is 6.15. The highest BCUT2D eigenvalue weighted by Crippen LogP contribution is 2.36. The van der Waals surface area contributed by atoms with Crippen LogP contribution in [0.4, 0.5) is 0 Å². The zero-order valence-electron chi connectivity index (χ0n) is 25.2. The average molecular weight is 647 g/mol. The maximum atomic E-state index is 10.4. The minimum atomic E-state index is -0.608. The summed E-state index contributed by atoms with van der Waals surface area (Å²) in [7, 11) is 0. The Kier molecular flexibility index (Phi) is 7.03. The molecule has 0 amide bonds. The molecule has 0 aliphatic rings. The van der Waals surface area contributed by atoms with Gasteiger partial charge in [0.1, 0.15) is 11.5 Å². The minimum Gasteiger partial charge on any atom is -0.492 e. The number of rotatable bonds is 6. The molecule has 8 aromatic rings. The molecule has 0 atom stereocenters. The van der Waals surface area contributed by atoms with E-state index in [9.17, 15) is 20.4 Å². The van der Waals surface area contributed by atoms with Gasteiger partial charge in [0.15, 0.2) is 22.3 Å². The Labute approximate surface area is 276 Å². The molecule has 0 aliphatic carbocycles. The molecule has 8 rings (SSSR count). The van der Waals surface area contributed by atoms with Gasteiger partial charge in [0.25, 0.3) is 0 Å². The number of nitrogens with zero attached hydrogens (tertiary/aromatic N) is 8. The van der Waals surface area contributed by atoms with Crippen LogP contribution in [0.5, 0.6) is 35.3 Å². The summed E-state index contributed by atoms with van der Waals surface area (Å²) in [5.74, 6) is 0.168. The van der Waals surface area contributed by atoms with Gasteiger partial charge in [-0.3, -0.25) is 0 Å². The summed E-state index contributed by atoms with van der Waals surface area (Å²) in [6, 6.07) is 32.1. The average Bonchev–Trinajstić information content (AvgIpc) is 3.12. The lowest BCUT2D eigenvalue weighted by Crippen LogP contribution is -1.99. The molecule has 0 fully saturated rings. The maximum absolute atomic E-state index is 10.4. The number of hydrogen-bond acceptors (Lipinski definition) is 13. The molecule has 13 heteroatoms. The molecule has 4 aromatic heterocycles. The molecule has 0 saturated heterocycles. The van der Waals surface area contributed by atoms with E-state index in [1.165, 1.54) is 0 Å². The van der Waals surface area contributed by atoms with Gasteiger partial charge in [0.2, 0.25) is 11.8 Å². The summed E-state index contributed by atoms with van der Waals surface area (Å²) in [5.41, 5.74) is 5.18. The van der Waals surface area contributed by atoms with Crippen molar-refractivity contribution >= 4 is 22.3 Å². The van der Waals surface area contributed by atoms with Crippen LogP contribution < -0.4 is 4.74 Å². The van der Waals surface area contributed by atoms with Crippen molar-refractivity contribution in [1.29, 1.82) is 0 Å². The van der Waals surface area contributed by atoms with E-state index in [2.05, 4.69) is 39.9 Å². The molecule has 4 N–H and O–H groups in total. The van der Waals surface area contributed by atoms with Crippen molar-refractivity contribution in [2.75, 3.05) is 0 Å². The van der Waals surface area contributed by atoms with E-state index in [0.717, 1.165) is 11.1 Å². The van der Waals surface area contributed by atoms with E-state index in [4.69, 9.17) is 4.74 Å². The van der Waals surface area contributed by atoms with Crippen LogP contribution in [0.1, 0.15) is 0 Å².